The predicted octanol–water partition coefficient (Wildman–Crippen LogP) is 4.17. The van der Waals surface area contributed by atoms with Crippen LogP contribution in [-0.2, 0) is 23.1 Å². The molecule has 0 amide bonds. The molecule has 6 nitrogen and oxygen atoms in total. The highest BCUT2D eigenvalue weighted by Crippen LogP contribution is 2.35. The number of fused-ring (bicyclic) bond motifs is 1. The van der Waals surface area contributed by atoms with E-state index in [0.717, 1.165) is 36.4 Å². The highest BCUT2D eigenvalue weighted by Gasteiger charge is 2.48. The third-order valence-electron chi connectivity index (χ3n) is 4.81. The van der Waals surface area contributed by atoms with Gasteiger partial charge in [0.15, 0.2) is 5.75 Å². The zero-order chi connectivity index (χ0) is 23.5. The summed E-state index contributed by atoms with van der Waals surface area (Å²) in [5, 5.41) is 8.46. The highest BCUT2D eigenvalue weighted by atomic mass is 35.5. The molecule has 2 aromatic rings. The molecule has 0 saturated heterocycles. The molecule has 1 N–H and O–H groups in total. The van der Waals surface area contributed by atoms with E-state index < -0.39 is 32.2 Å². The molecule has 0 fully saturated rings. The maximum Gasteiger partial charge on any atom is 0.534 e. The maximum absolute atomic E-state index is 14.8. The van der Waals surface area contributed by atoms with Crippen molar-refractivity contribution in [1.82, 2.24) is 9.88 Å². The molecule has 0 unspecified atom stereocenters. The Kier molecular flexibility index (Phi) is 7.43. The Morgan fingerprint density at radius 2 is 2.06 bits per heavy atom. The summed E-state index contributed by atoms with van der Waals surface area (Å²) < 4.78 is 79.0. The van der Waals surface area contributed by atoms with E-state index in [4.69, 9.17) is 16.7 Å². The van der Waals surface area contributed by atoms with Gasteiger partial charge in [0.2, 0.25) is 0 Å². The molecule has 174 valence electrons. The molecule has 12 heteroatoms. The Bertz CT molecular complexity index is 1120. The molecule has 0 saturated carbocycles. The first-order chi connectivity index (χ1) is 15.0. The lowest BCUT2D eigenvalue weighted by atomic mass is 10.0. The van der Waals surface area contributed by atoms with Gasteiger partial charge in [0.1, 0.15) is 5.83 Å². The van der Waals surface area contributed by atoms with Crippen LogP contribution >= 0.6 is 11.6 Å². The number of nitrogens with zero attached hydrogens (tertiary/aromatic N) is 2. The molecule has 0 atom stereocenters. The third-order valence-corrected chi connectivity index (χ3v) is 6.18. The van der Waals surface area contributed by atoms with Crippen molar-refractivity contribution < 1.29 is 35.3 Å². The van der Waals surface area contributed by atoms with E-state index in [9.17, 15) is 26.0 Å². The molecule has 3 rings (SSSR count). The number of rotatable bonds is 7. The lowest BCUT2D eigenvalue weighted by Gasteiger charge is -2.28. The average molecular weight is 495 g/mol. The SMILES string of the molecule is O=S(=O)(Oc1cccc(/C=C(\F)c2cc3c(cn2)CN(CCCO)CC3)c1Cl)C(F)(F)F. The summed E-state index contributed by atoms with van der Waals surface area (Å²) in [5.74, 6) is -1.57. The van der Waals surface area contributed by atoms with E-state index in [1.807, 2.05) is 0 Å². The van der Waals surface area contributed by atoms with Crippen LogP contribution in [0.4, 0.5) is 17.6 Å². The molecule has 1 aromatic heterocycles. The smallest absolute Gasteiger partial charge is 0.396 e. The normalized spacial score (nSPS) is 15.5. The topological polar surface area (TPSA) is 79.7 Å². The van der Waals surface area contributed by atoms with E-state index in [2.05, 4.69) is 14.1 Å². The second-order valence-corrected chi connectivity index (χ2v) is 8.99. The molecule has 2 heterocycles. The van der Waals surface area contributed by atoms with Crippen LogP contribution in [-0.4, -0.2) is 48.6 Å². The largest absolute Gasteiger partial charge is 0.534 e. The van der Waals surface area contributed by atoms with Gasteiger partial charge >= 0.3 is 15.6 Å². The van der Waals surface area contributed by atoms with Gasteiger partial charge in [-0.25, -0.2) is 4.39 Å². The molecule has 1 aliphatic heterocycles. The molecule has 32 heavy (non-hydrogen) atoms. The molecule has 1 aliphatic rings. The van der Waals surface area contributed by atoms with Crippen LogP contribution in [0.3, 0.4) is 0 Å². The van der Waals surface area contributed by atoms with E-state index >= 15 is 0 Å². The first-order valence-electron chi connectivity index (χ1n) is 9.49. The zero-order valence-corrected chi connectivity index (χ0v) is 18.1. The Balaban J connectivity index is 1.83. The summed E-state index contributed by atoms with van der Waals surface area (Å²) in [6.07, 6.45) is 3.83. The van der Waals surface area contributed by atoms with E-state index in [-0.39, 0.29) is 17.9 Å². The van der Waals surface area contributed by atoms with E-state index in [1.165, 1.54) is 12.1 Å². The Labute approximate surface area is 187 Å². The molecule has 0 bridgehead atoms. The summed E-state index contributed by atoms with van der Waals surface area (Å²) in [6, 6.07) is 5.01. The molecule has 1 aromatic carbocycles. The summed E-state index contributed by atoms with van der Waals surface area (Å²) in [5.41, 5.74) is -3.84. The van der Waals surface area contributed by atoms with Crippen LogP contribution in [0.15, 0.2) is 30.5 Å². The number of benzene rings is 1. The second-order valence-electron chi connectivity index (χ2n) is 7.08. The van der Waals surface area contributed by atoms with Crippen LogP contribution in [0.1, 0.15) is 28.8 Å². The minimum atomic E-state index is -5.92. The Morgan fingerprint density at radius 1 is 1.31 bits per heavy atom. The van der Waals surface area contributed by atoms with Gasteiger partial charge in [-0.2, -0.15) is 21.6 Å². The summed E-state index contributed by atoms with van der Waals surface area (Å²) in [6.45, 7) is 2.23. The number of halogens is 5. The van der Waals surface area contributed by atoms with Crippen LogP contribution in [0.2, 0.25) is 5.02 Å². The zero-order valence-electron chi connectivity index (χ0n) is 16.6. The van der Waals surface area contributed by atoms with E-state index in [1.54, 1.807) is 12.3 Å². The number of pyridine rings is 1. The van der Waals surface area contributed by atoms with Crippen molar-refractivity contribution in [2.75, 3.05) is 19.7 Å². The van der Waals surface area contributed by atoms with Gasteiger partial charge in [0.25, 0.3) is 0 Å². The number of alkyl halides is 3. The fraction of sp³-hybridized carbons (Fsp3) is 0.350. The number of aromatic nitrogens is 1. The Morgan fingerprint density at radius 3 is 2.75 bits per heavy atom. The van der Waals surface area contributed by atoms with Crippen molar-refractivity contribution in [1.29, 1.82) is 0 Å². The number of aliphatic hydroxyl groups is 1. The summed E-state index contributed by atoms with van der Waals surface area (Å²) in [7, 11) is -5.92. The molecule has 0 radical (unpaired) electrons. The quantitative estimate of drug-likeness (QED) is 0.353. The van der Waals surface area contributed by atoms with Crippen molar-refractivity contribution in [3.05, 3.63) is 57.9 Å². The first kappa shape index (κ1) is 24.4. The number of hydrogen-bond donors (Lipinski definition) is 1. The van der Waals surface area contributed by atoms with Crippen LogP contribution < -0.4 is 4.18 Å². The van der Waals surface area contributed by atoms with Gasteiger partial charge in [0, 0.05) is 32.4 Å². The highest BCUT2D eigenvalue weighted by molar-refractivity contribution is 7.88. The summed E-state index contributed by atoms with van der Waals surface area (Å²) >= 11 is 5.96. The molecule has 0 spiro atoms. The minimum absolute atomic E-state index is 0.0119. The van der Waals surface area contributed by atoms with Crippen LogP contribution in [0.5, 0.6) is 5.75 Å². The standard InChI is InChI=1S/C20H19ClF4N2O4S/c21-19-14(3-1-4-18(19)31-32(29,30)20(23,24)25)9-16(22)17-10-13-5-7-27(6-2-8-28)12-15(13)11-26-17/h1,3-4,9-11,28H,2,5-8,12H2/b16-9-. The lowest BCUT2D eigenvalue weighted by molar-refractivity contribution is -0.0500. The Hall–Kier alpha value is -2.21. The van der Waals surface area contributed by atoms with Crippen molar-refractivity contribution in [3.8, 4) is 5.75 Å². The minimum Gasteiger partial charge on any atom is -0.396 e. The number of aliphatic hydroxyl groups excluding tert-OH is 1. The van der Waals surface area contributed by atoms with Crippen molar-refractivity contribution >= 4 is 33.6 Å². The maximum atomic E-state index is 14.8. The monoisotopic (exact) mass is 494 g/mol. The van der Waals surface area contributed by atoms with Crippen molar-refractivity contribution in [3.63, 3.8) is 0 Å². The second kappa shape index (κ2) is 9.74. The van der Waals surface area contributed by atoms with Gasteiger partial charge in [-0.1, -0.05) is 23.7 Å². The number of hydrogen-bond acceptors (Lipinski definition) is 6. The molecular weight excluding hydrogens is 476 g/mol. The average Bonchev–Trinajstić information content (AvgIpc) is 2.73. The fourth-order valence-corrected chi connectivity index (χ4v) is 3.93. The van der Waals surface area contributed by atoms with Gasteiger partial charge < -0.3 is 9.29 Å². The van der Waals surface area contributed by atoms with Gasteiger partial charge in [-0.15, -0.1) is 0 Å². The lowest BCUT2D eigenvalue weighted by Crippen LogP contribution is -2.32. The van der Waals surface area contributed by atoms with Crippen LogP contribution in [0.25, 0.3) is 11.9 Å². The summed E-state index contributed by atoms with van der Waals surface area (Å²) in [4.78, 5) is 6.27. The predicted molar refractivity (Wildman–Crippen MR) is 111 cm³/mol. The van der Waals surface area contributed by atoms with Crippen molar-refractivity contribution in [2.24, 2.45) is 0 Å². The first-order valence-corrected chi connectivity index (χ1v) is 11.3. The molecular formula is C20H19ClF4N2O4S. The third kappa shape index (κ3) is 5.58. The van der Waals surface area contributed by atoms with Gasteiger partial charge in [-0.05, 0) is 47.7 Å². The van der Waals surface area contributed by atoms with E-state index in [0.29, 0.717) is 19.4 Å². The van der Waals surface area contributed by atoms with Crippen molar-refractivity contribution in [2.45, 2.75) is 24.9 Å². The van der Waals surface area contributed by atoms with Crippen LogP contribution in [0, 0.1) is 0 Å². The van der Waals surface area contributed by atoms with Gasteiger partial charge in [-0.3, -0.25) is 9.88 Å². The molecule has 0 aliphatic carbocycles. The van der Waals surface area contributed by atoms with Gasteiger partial charge in [0.05, 0.1) is 10.7 Å². The fourth-order valence-electron chi connectivity index (χ4n) is 3.19.